The van der Waals surface area contributed by atoms with Crippen molar-refractivity contribution in [2.45, 2.75) is 26.2 Å². The van der Waals surface area contributed by atoms with E-state index in [2.05, 4.69) is 31.3 Å². The summed E-state index contributed by atoms with van der Waals surface area (Å²) in [6, 6.07) is 14.3. The molecular formula is C17H17NO. The quantitative estimate of drug-likeness (QED) is 0.824. The molecule has 1 aliphatic heterocycles. The van der Waals surface area contributed by atoms with Crippen LogP contribution in [-0.4, -0.2) is 5.91 Å². The first-order valence-electron chi connectivity index (χ1n) is 6.61. The Kier molecular flexibility index (Phi) is 2.86. The lowest BCUT2D eigenvalue weighted by Crippen LogP contribution is -2.28. The fraction of sp³-hybridized carbons (Fsp3) is 0.235. The van der Waals surface area contributed by atoms with Gasteiger partial charge in [-0.25, -0.2) is 0 Å². The number of aryl methyl sites for hydroxylation is 2. The Morgan fingerprint density at radius 2 is 1.74 bits per heavy atom. The molecule has 1 unspecified atom stereocenters. The summed E-state index contributed by atoms with van der Waals surface area (Å²) in [6.07, 6.45) is 0.784. The average Bonchev–Trinajstić information content (AvgIpc) is 2.41. The largest absolute Gasteiger partial charge is 0.325 e. The molecule has 0 aliphatic carbocycles. The predicted octanol–water partition coefficient (Wildman–Crippen LogP) is 3.58. The Morgan fingerprint density at radius 1 is 1.05 bits per heavy atom. The molecule has 0 radical (unpaired) electrons. The second kappa shape index (κ2) is 4.54. The number of anilines is 1. The molecule has 2 aromatic carbocycles. The molecule has 1 atom stereocenters. The highest BCUT2D eigenvalue weighted by Crippen LogP contribution is 2.33. The van der Waals surface area contributed by atoms with Crippen molar-refractivity contribution < 1.29 is 4.79 Å². The van der Waals surface area contributed by atoms with E-state index in [4.69, 9.17) is 0 Å². The number of carbonyl (C=O) groups is 1. The van der Waals surface area contributed by atoms with Gasteiger partial charge in [-0.2, -0.15) is 0 Å². The number of nitrogens with one attached hydrogen (secondary N) is 1. The Bertz CT molecular complexity index is 631. The molecule has 0 bridgehead atoms. The number of fused-ring (bicyclic) bond motifs is 1. The lowest BCUT2D eigenvalue weighted by atomic mass is 9.86. The van der Waals surface area contributed by atoms with Crippen LogP contribution in [0.1, 0.15) is 28.2 Å². The highest BCUT2D eigenvalue weighted by Gasteiger charge is 2.27. The summed E-state index contributed by atoms with van der Waals surface area (Å²) in [4.78, 5) is 12.2. The van der Waals surface area contributed by atoms with Crippen molar-refractivity contribution >= 4 is 11.6 Å². The summed E-state index contributed by atoms with van der Waals surface area (Å²) >= 11 is 0. The minimum Gasteiger partial charge on any atom is -0.325 e. The standard InChI is InChI=1S/C17H17NO/c1-11-8-14-10-15(13-6-4-3-5-7-13)17(19)18-16(14)9-12(11)2/h3-9,15H,10H2,1-2H3,(H,18,19). The van der Waals surface area contributed by atoms with Crippen LogP contribution in [0.25, 0.3) is 0 Å². The number of hydrogen-bond acceptors (Lipinski definition) is 1. The van der Waals surface area contributed by atoms with Crippen molar-refractivity contribution in [3.63, 3.8) is 0 Å². The molecule has 19 heavy (non-hydrogen) atoms. The SMILES string of the molecule is Cc1cc2c(cc1C)NC(=O)C(c1ccccc1)C2. The van der Waals surface area contributed by atoms with Crippen LogP contribution in [0.2, 0.25) is 0 Å². The fourth-order valence-corrected chi connectivity index (χ4v) is 2.65. The van der Waals surface area contributed by atoms with E-state index in [-0.39, 0.29) is 11.8 Å². The van der Waals surface area contributed by atoms with Crippen LogP contribution in [0.4, 0.5) is 5.69 Å². The molecule has 0 saturated heterocycles. The summed E-state index contributed by atoms with van der Waals surface area (Å²) in [5, 5.41) is 3.04. The van der Waals surface area contributed by atoms with Gasteiger partial charge in [-0.05, 0) is 48.6 Å². The molecule has 1 aliphatic rings. The van der Waals surface area contributed by atoms with Crippen LogP contribution in [0.15, 0.2) is 42.5 Å². The third-order valence-electron chi connectivity index (χ3n) is 3.92. The minimum atomic E-state index is -0.0733. The van der Waals surface area contributed by atoms with Gasteiger partial charge in [0.15, 0.2) is 0 Å². The molecule has 2 heteroatoms. The maximum Gasteiger partial charge on any atom is 0.232 e. The molecule has 0 saturated carbocycles. The van der Waals surface area contributed by atoms with E-state index in [1.165, 1.54) is 16.7 Å². The van der Waals surface area contributed by atoms with Crippen molar-refractivity contribution in [1.82, 2.24) is 0 Å². The number of hydrogen-bond donors (Lipinski definition) is 1. The van der Waals surface area contributed by atoms with Crippen molar-refractivity contribution in [1.29, 1.82) is 0 Å². The van der Waals surface area contributed by atoms with Crippen molar-refractivity contribution in [2.75, 3.05) is 5.32 Å². The number of amides is 1. The Balaban J connectivity index is 2.00. The Hall–Kier alpha value is -2.09. The van der Waals surface area contributed by atoms with Gasteiger partial charge in [-0.3, -0.25) is 4.79 Å². The summed E-state index contributed by atoms with van der Waals surface area (Å²) in [5.41, 5.74) is 5.79. The second-order valence-electron chi connectivity index (χ2n) is 5.25. The normalized spacial score (nSPS) is 17.8. The predicted molar refractivity (Wildman–Crippen MR) is 77.4 cm³/mol. The lowest BCUT2D eigenvalue weighted by Gasteiger charge is -2.26. The van der Waals surface area contributed by atoms with Gasteiger partial charge in [0, 0.05) is 5.69 Å². The van der Waals surface area contributed by atoms with E-state index in [0.717, 1.165) is 17.7 Å². The Morgan fingerprint density at radius 3 is 2.47 bits per heavy atom. The minimum absolute atomic E-state index is 0.0733. The topological polar surface area (TPSA) is 29.1 Å². The van der Waals surface area contributed by atoms with Gasteiger partial charge < -0.3 is 5.32 Å². The number of carbonyl (C=O) groups excluding carboxylic acids is 1. The molecule has 96 valence electrons. The molecule has 3 rings (SSSR count). The zero-order valence-electron chi connectivity index (χ0n) is 11.2. The van der Waals surface area contributed by atoms with E-state index in [1.54, 1.807) is 0 Å². The highest BCUT2D eigenvalue weighted by atomic mass is 16.1. The monoisotopic (exact) mass is 251 g/mol. The van der Waals surface area contributed by atoms with Gasteiger partial charge in [0.05, 0.1) is 5.92 Å². The summed E-state index contributed by atoms with van der Waals surface area (Å²) in [5.74, 6) is 0.0257. The molecule has 2 aromatic rings. The number of benzene rings is 2. The van der Waals surface area contributed by atoms with Gasteiger partial charge in [-0.1, -0.05) is 36.4 Å². The summed E-state index contributed by atoms with van der Waals surface area (Å²) in [6.45, 7) is 4.19. The van der Waals surface area contributed by atoms with Crippen LogP contribution >= 0.6 is 0 Å². The van der Waals surface area contributed by atoms with E-state index < -0.39 is 0 Å². The maximum atomic E-state index is 12.2. The van der Waals surface area contributed by atoms with Crippen LogP contribution in [-0.2, 0) is 11.2 Å². The Labute approximate surface area is 113 Å². The summed E-state index contributed by atoms with van der Waals surface area (Å²) < 4.78 is 0. The van der Waals surface area contributed by atoms with Gasteiger partial charge in [0.25, 0.3) is 0 Å². The third kappa shape index (κ3) is 2.14. The van der Waals surface area contributed by atoms with Crippen molar-refractivity contribution in [3.8, 4) is 0 Å². The van der Waals surface area contributed by atoms with Gasteiger partial charge in [0.1, 0.15) is 0 Å². The van der Waals surface area contributed by atoms with Gasteiger partial charge in [-0.15, -0.1) is 0 Å². The van der Waals surface area contributed by atoms with Crippen molar-refractivity contribution in [3.05, 3.63) is 64.7 Å². The number of rotatable bonds is 1. The average molecular weight is 251 g/mol. The first-order valence-corrected chi connectivity index (χ1v) is 6.61. The van der Waals surface area contributed by atoms with Crippen LogP contribution in [0.3, 0.4) is 0 Å². The van der Waals surface area contributed by atoms with Gasteiger partial charge in [0.2, 0.25) is 5.91 Å². The summed E-state index contributed by atoms with van der Waals surface area (Å²) in [7, 11) is 0. The van der Waals surface area contributed by atoms with E-state index >= 15 is 0 Å². The first kappa shape index (κ1) is 12.0. The van der Waals surface area contributed by atoms with Crippen LogP contribution < -0.4 is 5.32 Å². The van der Waals surface area contributed by atoms with E-state index in [1.807, 2.05) is 30.3 Å². The smallest absolute Gasteiger partial charge is 0.232 e. The molecule has 0 spiro atoms. The molecule has 1 heterocycles. The molecule has 0 fully saturated rings. The molecule has 1 amide bonds. The molecule has 0 aromatic heterocycles. The van der Waals surface area contributed by atoms with Crippen LogP contribution in [0.5, 0.6) is 0 Å². The zero-order valence-corrected chi connectivity index (χ0v) is 11.2. The zero-order chi connectivity index (χ0) is 13.4. The first-order chi connectivity index (χ1) is 9.15. The van der Waals surface area contributed by atoms with Crippen molar-refractivity contribution in [2.24, 2.45) is 0 Å². The van der Waals surface area contributed by atoms with Crippen LogP contribution in [0, 0.1) is 13.8 Å². The fourth-order valence-electron chi connectivity index (χ4n) is 2.65. The van der Waals surface area contributed by atoms with E-state index in [9.17, 15) is 4.79 Å². The van der Waals surface area contributed by atoms with E-state index in [0.29, 0.717) is 0 Å². The maximum absolute atomic E-state index is 12.2. The van der Waals surface area contributed by atoms with Gasteiger partial charge >= 0.3 is 0 Å². The lowest BCUT2D eigenvalue weighted by molar-refractivity contribution is -0.117. The third-order valence-corrected chi connectivity index (χ3v) is 3.92. The molecule has 1 N–H and O–H groups in total. The molecule has 2 nitrogen and oxygen atoms in total. The molecular weight excluding hydrogens is 234 g/mol. The highest BCUT2D eigenvalue weighted by molar-refractivity contribution is 5.99. The second-order valence-corrected chi connectivity index (χ2v) is 5.25.